The quantitative estimate of drug-likeness (QED) is 0.252. The van der Waals surface area contributed by atoms with Crippen molar-refractivity contribution in [3.63, 3.8) is 0 Å². The van der Waals surface area contributed by atoms with Gasteiger partial charge >= 0.3 is 5.97 Å². The van der Waals surface area contributed by atoms with Crippen LogP contribution < -0.4 is 5.32 Å². The van der Waals surface area contributed by atoms with Crippen molar-refractivity contribution in [3.05, 3.63) is 11.6 Å². The number of ketones is 1. The molecule has 4 fully saturated rings. The SMILES string of the molecule is C[C@H]1[C@H](C)CC[C@]2(C)CC[C@]3(C)C(=CC(=O)[C@@H]4[C@@]5(C)CC[C@@H](O)[C@](C)(NC(=O)CCCCCCC(=O)O)[C@@H]5CC[C@]43C)[C@H]12. The molecule has 0 unspecified atom stereocenters. The van der Waals surface area contributed by atoms with Crippen LogP contribution in [-0.2, 0) is 14.4 Å². The molecule has 0 aromatic carbocycles. The van der Waals surface area contributed by atoms with E-state index in [4.69, 9.17) is 5.11 Å². The number of fused-ring (bicyclic) bond motifs is 7. The van der Waals surface area contributed by atoms with Crippen LogP contribution in [0.4, 0.5) is 0 Å². The Morgan fingerprint density at radius 1 is 0.884 bits per heavy atom. The summed E-state index contributed by atoms with van der Waals surface area (Å²) in [6.45, 7) is 16.6. The number of hydrogen-bond donors (Lipinski definition) is 3. The Bertz CT molecular complexity index is 1160. The Kier molecular flexibility index (Phi) is 8.58. The maximum Gasteiger partial charge on any atom is 0.303 e. The van der Waals surface area contributed by atoms with Crippen molar-refractivity contribution in [2.75, 3.05) is 0 Å². The number of aliphatic hydroxyl groups excluding tert-OH is 1. The molecular formula is C37H59NO5. The molecule has 0 aromatic heterocycles. The van der Waals surface area contributed by atoms with Crippen LogP contribution in [0, 0.1) is 51.2 Å². The highest BCUT2D eigenvalue weighted by molar-refractivity contribution is 5.95. The summed E-state index contributed by atoms with van der Waals surface area (Å²) in [5, 5.41) is 23.6. The largest absolute Gasteiger partial charge is 0.481 e. The average Bonchev–Trinajstić information content (AvgIpc) is 2.92. The molecule has 5 aliphatic rings. The van der Waals surface area contributed by atoms with Crippen LogP contribution in [0.1, 0.15) is 138 Å². The molecule has 0 saturated heterocycles. The van der Waals surface area contributed by atoms with E-state index >= 15 is 0 Å². The third-order valence-corrected chi connectivity index (χ3v) is 14.7. The molecule has 0 aromatic rings. The lowest BCUT2D eigenvalue weighted by atomic mass is 9.33. The molecule has 0 spiro atoms. The molecule has 0 radical (unpaired) electrons. The van der Waals surface area contributed by atoms with E-state index in [0.29, 0.717) is 49.2 Å². The van der Waals surface area contributed by atoms with Crippen molar-refractivity contribution in [3.8, 4) is 0 Å². The predicted octanol–water partition coefficient (Wildman–Crippen LogP) is 7.48. The van der Waals surface area contributed by atoms with Crippen LogP contribution in [0.3, 0.4) is 0 Å². The highest BCUT2D eigenvalue weighted by Gasteiger charge is 2.70. The Morgan fingerprint density at radius 3 is 2.23 bits per heavy atom. The number of carbonyl (C=O) groups excluding carboxylic acids is 2. The van der Waals surface area contributed by atoms with Gasteiger partial charge in [0, 0.05) is 18.8 Å². The number of rotatable bonds is 8. The molecule has 0 aliphatic heterocycles. The average molecular weight is 598 g/mol. The summed E-state index contributed by atoms with van der Waals surface area (Å²) in [6, 6.07) is 0. The van der Waals surface area contributed by atoms with Gasteiger partial charge in [0.2, 0.25) is 5.91 Å². The summed E-state index contributed by atoms with van der Waals surface area (Å²) < 4.78 is 0. The first-order chi connectivity index (χ1) is 20.0. The second kappa shape index (κ2) is 11.3. The Labute approximate surface area is 260 Å². The van der Waals surface area contributed by atoms with Crippen molar-refractivity contribution in [2.45, 2.75) is 150 Å². The number of unbranched alkanes of at least 4 members (excludes halogenated alkanes) is 3. The molecule has 6 heteroatoms. The van der Waals surface area contributed by atoms with Gasteiger partial charge in [-0.15, -0.1) is 0 Å². The zero-order chi connectivity index (χ0) is 31.6. The molecule has 242 valence electrons. The van der Waals surface area contributed by atoms with E-state index in [-0.39, 0.29) is 45.8 Å². The summed E-state index contributed by atoms with van der Waals surface area (Å²) in [5.74, 6) is 1.08. The van der Waals surface area contributed by atoms with Gasteiger partial charge in [-0.25, -0.2) is 0 Å². The number of nitrogens with one attached hydrogen (secondary N) is 1. The topological polar surface area (TPSA) is 104 Å². The standard InChI is InChI=1S/C37H59NO5/c1-23-14-17-33(3)20-21-35(5)25(31(33)24(23)2)22-26(39)32-34(4)18-16-28(40)37(7,27(34)15-19-36(32,35)6)38-29(41)12-10-8-9-11-13-30(42)43/h22-24,27-28,31-32,40H,8-21H2,1-7H3,(H,38,41)(H,42,43)/t23-,24+,27-,28-,31+,32-,33-,34+,35-,36-,37-/m1/s1. The van der Waals surface area contributed by atoms with Crippen molar-refractivity contribution < 1.29 is 24.6 Å². The van der Waals surface area contributed by atoms with Crippen molar-refractivity contribution in [1.82, 2.24) is 5.32 Å². The second-order valence-corrected chi connectivity index (χ2v) is 17.0. The van der Waals surface area contributed by atoms with Gasteiger partial charge in [0.15, 0.2) is 5.78 Å². The smallest absolute Gasteiger partial charge is 0.303 e. The summed E-state index contributed by atoms with van der Waals surface area (Å²) in [7, 11) is 0. The van der Waals surface area contributed by atoms with Crippen LogP contribution in [0.25, 0.3) is 0 Å². The molecular weight excluding hydrogens is 538 g/mol. The first-order valence-corrected chi connectivity index (χ1v) is 17.5. The van der Waals surface area contributed by atoms with E-state index in [0.717, 1.165) is 38.5 Å². The highest BCUT2D eigenvalue weighted by atomic mass is 16.4. The molecule has 43 heavy (non-hydrogen) atoms. The first kappa shape index (κ1) is 32.7. The molecule has 0 heterocycles. The summed E-state index contributed by atoms with van der Waals surface area (Å²) in [5.41, 5.74) is 0.463. The van der Waals surface area contributed by atoms with E-state index in [1.807, 2.05) is 6.92 Å². The van der Waals surface area contributed by atoms with Gasteiger partial charge in [-0.1, -0.05) is 60.0 Å². The number of carboxylic acids is 1. The Balaban J connectivity index is 1.40. The molecule has 0 bridgehead atoms. The number of carbonyl (C=O) groups is 3. The van der Waals surface area contributed by atoms with Gasteiger partial charge in [-0.3, -0.25) is 14.4 Å². The number of amides is 1. The summed E-state index contributed by atoms with van der Waals surface area (Å²) in [4.78, 5) is 38.6. The third-order valence-electron chi connectivity index (χ3n) is 14.7. The molecule has 4 saturated carbocycles. The van der Waals surface area contributed by atoms with Crippen LogP contribution in [-0.4, -0.2) is 39.5 Å². The number of aliphatic carboxylic acids is 1. The van der Waals surface area contributed by atoms with Crippen LogP contribution in [0.15, 0.2) is 11.6 Å². The molecule has 5 aliphatic carbocycles. The number of allylic oxidation sites excluding steroid dienone is 2. The van der Waals surface area contributed by atoms with E-state index in [1.54, 1.807) is 0 Å². The first-order valence-electron chi connectivity index (χ1n) is 17.5. The van der Waals surface area contributed by atoms with Crippen molar-refractivity contribution >= 4 is 17.7 Å². The van der Waals surface area contributed by atoms with Gasteiger partial charge in [-0.05, 0) is 123 Å². The lowest BCUT2D eigenvalue weighted by molar-refractivity contribution is -0.194. The van der Waals surface area contributed by atoms with Crippen molar-refractivity contribution in [2.24, 2.45) is 51.2 Å². The minimum Gasteiger partial charge on any atom is -0.481 e. The molecule has 6 nitrogen and oxygen atoms in total. The lowest BCUT2D eigenvalue weighted by Crippen LogP contribution is -2.72. The zero-order valence-electron chi connectivity index (χ0n) is 28.1. The Morgan fingerprint density at radius 2 is 1.56 bits per heavy atom. The van der Waals surface area contributed by atoms with Gasteiger partial charge in [0.25, 0.3) is 0 Å². The predicted molar refractivity (Wildman–Crippen MR) is 169 cm³/mol. The van der Waals surface area contributed by atoms with E-state index in [9.17, 15) is 19.5 Å². The molecule has 3 N–H and O–H groups in total. The van der Waals surface area contributed by atoms with Gasteiger partial charge in [-0.2, -0.15) is 0 Å². The van der Waals surface area contributed by atoms with Crippen LogP contribution >= 0.6 is 0 Å². The normalized spacial score (nSPS) is 47.3. The minimum absolute atomic E-state index is 0.0197. The van der Waals surface area contributed by atoms with E-state index < -0.39 is 17.6 Å². The fourth-order valence-corrected chi connectivity index (χ4v) is 11.8. The number of carboxylic acid groups (broad SMARTS) is 1. The molecule has 11 atom stereocenters. The lowest BCUT2D eigenvalue weighted by Gasteiger charge is -2.70. The monoisotopic (exact) mass is 597 g/mol. The van der Waals surface area contributed by atoms with Crippen molar-refractivity contribution in [1.29, 1.82) is 0 Å². The van der Waals surface area contributed by atoms with Crippen LogP contribution in [0.5, 0.6) is 0 Å². The third kappa shape index (κ3) is 5.04. The number of hydrogen-bond acceptors (Lipinski definition) is 4. The molecule has 5 rings (SSSR count). The number of aliphatic hydroxyl groups is 1. The van der Waals surface area contributed by atoms with Gasteiger partial charge in [0.05, 0.1) is 11.6 Å². The molecule has 1 amide bonds. The van der Waals surface area contributed by atoms with E-state index in [2.05, 4.69) is 52.9 Å². The van der Waals surface area contributed by atoms with E-state index in [1.165, 1.54) is 24.8 Å². The maximum absolute atomic E-state index is 14.6. The second-order valence-electron chi connectivity index (χ2n) is 17.0. The van der Waals surface area contributed by atoms with Gasteiger partial charge in [0.1, 0.15) is 0 Å². The minimum atomic E-state index is -0.779. The van der Waals surface area contributed by atoms with Gasteiger partial charge < -0.3 is 15.5 Å². The fraction of sp³-hybridized carbons (Fsp3) is 0.865. The summed E-state index contributed by atoms with van der Waals surface area (Å²) >= 11 is 0. The van der Waals surface area contributed by atoms with Crippen LogP contribution in [0.2, 0.25) is 0 Å². The fourth-order valence-electron chi connectivity index (χ4n) is 11.8. The summed E-state index contributed by atoms with van der Waals surface area (Å²) in [6.07, 6.45) is 13.1. The Hall–Kier alpha value is -1.69. The highest BCUT2D eigenvalue weighted by Crippen LogP contribution is 2.74. The zero-order valence-corrected chi connectivity index (χ0v) is 28.1. The maximum atomic E-state index is 14.6.